The van der Waals surface area contributed by atoms with Gasteiger partial charge in [0.25, 0.3) is 0 Å². The number of sulfonamides is 1. The molecule has 1 aliphatic rings. The summed E-state index contributed by atoms with van der Waals surface area (Å²) in [6.45, 7) is 0.471. The molecule has 2 aromatic carbocycles. The van der Waals surface area contributed by atoms with Crippen molar-refractivity contribution < 1.29 is 8.42 Å². The number of benzene rings is 2. The van der Waals surface area contributed by atoms with Gasteiger partial charge >= 0.3 is 0 Å². The topological polar surface area (TPSA) is 94.9 Å². The highest BCUT2D eigenvalue weighted by Crippen LogP contribution is 2.26. The van der Waals surface area contributed by atoms with Crippen LogP contribution in [0.25, 0.3) is 10.9 Å². The Morgan fingerprint density at radius 1 is 1.11 bits per heavy atom. The fourth-order valence-corrected chi connectivity index (χ4v) is 4.19. The van der Waals surface area contributed by atoms with Crippen molar-refractivity contribution in [3.05, 3.63) is 65.9 Å². The van der Waals surface area contributed by atoms with E-state index in [1.54, 1.807) is 30.5 Å². The molecule has 0 unspecified atom stereocenters. The molecule has 0 saturated heterocycles. The summed E-state index contributed by atoms with van der Waals surface area (Å²) in [6, 6.07) is 16.7. The van der Waals surface area contributed by atoms with E-state index in [0.717, 1.165) is 35.0 Å². The third-order valence-electron chi connectivity index (χ3n) is 4.50. The van der Waals surface area contributed by atoms with E-state index < -0.39 is 10.0 Å². The monoisotopic (exact) mass is 378 g/mol. The van der Waals surface area contributed by atoms with Crippen LogP contribution in [-0.4, -0.2) is 19.4 Å². The summed E-state index contributed by atoms with van der Waals surface area (Å²) in [5, 5.41) is 13.5. The molecule has 6 nitrogen and oxygen atoms in total. The molecule has 1 aromatic heterocycles. The molecule has 3 aromatic rings. The Morgan fingerprint density at radius 3 is 2.56 bits per heavy atom. The number of rotatable bonds is 6. The average molecular weight is 378 g/mol. The molecule has 7 heteroatoms. The van der Waals surface area contributed by atoms with E-state index in [2.05, 4.69) is 21.1 Å². The van der Waals surface area contributed by atoms with E-state index in [9.17, 15) is 13.7 Å². The van der Waals surface area contributed by atoms with E-state index in [1.165, 1.54) is 0 Å². The number of aromatic nitrogens is 1. The first-order chi connectivity index (χ1) is 13.1. The standard InChI is InChI=1S/C20H18N4O2S/c21-11-15-13-22-19-4-2-1-3-18(19)20(15)23-12-14-5-9-17(10-6-14)27(25,26)24-16-7-8-16/h1-6,9-10,13,16,24H,7-8,12H2,(H,22,23). The third-order valence-corrected chi connectivity index (χ3v) is 6.03. The smallest absolute Gasteiger partial charge is 0.240 e. The van der Waals surface area contributed by atoms with E-state index in [1.807, 2.05) is 24.3 Å². The summed E-state index contributed by atoms with van der Waals surface area (Å²) in [4.78, 5) is 4.57. The molecule has 4 rings (SSSR count). The fourth-order valence-electron chi connectivity index (χ4n) is 2.88. The molecule has 27 heavy (non-hydrogen) atoms. The number of nitrogens with one attached hydrogen (secondary N) is 2. The molecule has 1 aliphatic carbocycles. The Labute approximate surface area is 157 Å². The van der Waals surface area contributed by atoms with Gasteiger partial charge in [0, 0.05) is 24.2 Å². The maximum absolute atomic E-state index is 12.2. The Morgan fingerprint density at radius 2 is 1.85 bits per heavy atom. The Hall–Kier alpha value is -2.95. The van der Waals surface area contributed by atoms with E-state index in [0.29, 0.717) is 12.1 Å². The molecule has 0 bridgehead atoms. The van der Waals surface area contributed by atoms with Crippen LogP contribution in [0.5, 0.6) is 0 Å². The SMILES string of the molecule is N#Cc1cnc2ccccc2c1NCc1ccc(S(=O)(=O)NC2CC2)cc1. The van der Waals surface area contributed by atoms with Gasteiger partial charge in [0.05, 0.1) is 21.7 Å². The quantitative estimate of drug-likeness (QED) is 0.687. The van der Waals surface area contributed by atoms with Crippen LogP contribution in [0.1, 0.15) is 24.0 Å². The Balaban J connectivity index is 1.54. The van der Waals surface area contributed by atoms with Crippen LogP contribution in [0.2, 0.25) is 0 Å². The molecule has 136 valence electrons. The lowest BCUT2D eigenvalue weighted by molar-refractivity contribution is 0.581. The van der Waals surface area contributed by atoms with E-state index in [4.69, 9.17) is 0 Å². The Kier molecular flexibility index (Phi) is 4.52. The minimum atomic E-state index is -3.44. The van der Waals surface area contributed by atoms with Crippen LogP contribution in [0, 0.1) is 11.3 Å². The number of para-hydroxylation sites is 1. The van der Waals surface area contributed by atoms with Crippen LogP contribution in [-0.2, 0) is 16.6 Å². The molecule has 2 N–H and O–H groups in total. The summed E-state index contributed by atoms with van der Waals surface area (Å²) < 4.78 is 27.1. The van der Waals surface area contributed by atoms with Crippen molar-refractivity contribution in [3.63, 3.8) is 0 Å². The molecule has 0 aliphatic heterocycles. The molecule has 0 spiro atoms. The first kappa shape index (κ1) is 17.5. The van der Waals surface area contributed by atoms with Gasteiger partial charge in [0.15, 0.2) is 0 Å². The summed E-state index contributed by atoms with van der Waals surface area (Å²) in [5.74, 6) is 0. The number of hydrogen-bond donors (Lipinski definition) is 2. The zero-order valence-corrected chi connectivity index (χ0v) is 15.3. The summed E-state index contributed by atoms with van der Waals surface area (Å²) in [6.07, 6.45) is 3.37. The maximum atomic E-state index is 12.2. The van der Waals surface area contributed by atoms with Gasteiger partial charge in [-0.3, -0.25) is 4.98 Å². The van der Waals surface area contributed by atoms with Gasteiger partial charge in [-0.15, -0.1) is 0 Å². The lowest BCUT2D eigenvalue weighted by atomic mass is 10.1. The second-order valence-electron chi connectivity index (χ2n) is 6.57. The summed E-state index contributed by atoms with van der Waals surface area (Å²) in [5.41, 5.74) is 2.94. The number of anilines is 1. The number of nitriles is 1. The highest BCUT2D eigenvalue weighted by Gasteiger charge is 2.27. The predicted octanol–water partition coefficient (Wildman–Crippen LogP) is 3.16. The van der Waals surface area contributed by atoms with Gasteiger partial charge in [0.2, 0.25) is 10.0 Å². The minimum Gasteiger partial charge on any atom is -0.379 e. The van der Waals surface area contributed by atoms with Crippen molar-refractivity contribution in [3.8, 4) is 6.07 Å². The molecule has 0 amide bonds. The largest absolute Gasteiger partial charge is 0.379 e. The maximum Gasteiger partial charge on any atom is 0.240 e. The normalized spacial score (nSPS) is 14.0. The summed E-state index contributed by atoms with van der Waals surface area (Å²) in [7, 11) is -3.44. The molecule has 0 radical (unpaired) electrons. The molecular weight excluding hydrogens is 360 g/mol. The van der Waals surface area contributed by atoms with E-state index in [-0.39, 0.29) is 10.9 Å². The zero-order valence-electron chi connectivity index (χ0n) is 14.5. The van der Waals surface area contributed by atoms with Gasteiger partial charge in [-0.25, -0.2) is 13.1 Å². The van der Waals surface area contributed by atoms with Crippen molar-refractivity contribution in [2.45, 2.75) is 30.3 Å². The fraction of sp³-hybridized carbons (Fsp3) is 0.200. The highest BCUT2D eigenvalue weighted by atomic mass is 32.2. The van der Waals surface area contributed by atoms with Crippen molar-refractivity contribution >= 4 is 26.6 Å². The van der Waals surface area contributed by atoms with Crippen molar-refractivity contribution in [2.75, 3.05) is 5.32 Å². The molecular formula is C20H18N4O2S. The van der Waals surface area contributed by atoms with Crippen LogP contribution in [0.3, 0.4) is 0 Å². The highest BCUT2D eigenvalue weighted by molar-refractivity contribution is 7.89. The molecule has 1 heterocycles. The van der Waals surface area contributed by atoms with Gasteiger partial charge in [0.1, 0.15) is 6.07 Å². The Bertz CT molecular complexity index is 1130. The number of pyridine rings is 1. The average Bonchev–Trinajstić information content (AvgIpc) is 3.49. The first-order valence-corrected chi connectivity index (χ1v) is 10.2. The number of fused-ring (bicyclic) bond motifs is 1. The van der Waals surface area contributed by atoms with Crippen molar-refractivity contribution in [1.29, 1.82) is 5.26 Å². The first-order valence-electron chi connectivity index (χ1n) is 8.70. The van der Waals surface area contributed by atoms with Crippen LogP contribution < -0.4 is 10.0 Å². The number of nitrogens with zero attached hydrogens (tertiary/aromatic N) is 2. The number of hydrogen-bond acceptors (Lipinski definition) is 5. The van der Waals surface area contributed by atoms with Gasteiger partial charge in [-0.2, -0.15) is 5.26 Å². The minimum absolute atomic E-state index is 0.0840. The lowest BCUT2D eigenvalue weighted by Crippen LogP contribution is -2.25. The predicted molar refractivity (Wildman–Crippen MR) is 104 cm³/mol. The molecule has 1 fully saturated rings. The van der Waals surface area contributed by atoms with Crippen LogP contribution in [0.4, 0.5) is 5.69 Å². The van der Waals surface area contributed by atoms with Crippen LogP contribution in [0.15, 0.2) is 59.6 Å². The van der Waals surface area contributed by atoms with Crippen molar-refractivity contribution in [2.24, 2.45) is 0 Å². The van der Waals surface area contributed by atoms with Gasteiger partial charge in [-0.05, 0) is 36.6 Å². The van der Waals surface area contributed by atoms with Gasteiger partial charge < -0.3 is 5.32 Å². The van der Waals surface area contributed by atoms with Gasteiger partial charge in [-0.1, -0.05) is 30.3 Å². The zero-order chi connectivity index (χ0) is 18.9. The summed E-state index contributed by atoms with van der Waals surface area (Å²) >= 11 is 0. The second kappa shape index (κ2) is 6.99. The van der Waals surface area contributed by atoms with E-state index >= 15 is 0 Å². The van der Waals surface area contributed by atoms with Crippen molar-refractivity contribution in [1.82, 2.24) is 9.71 Å². The molecule has 0 atom stereocenters. The lowest BCUT2D eigenvalue weighted by Gasteiger charge is -2.12. The molecule has 1 saturated carbocycles. The second-order valence-corrected chi connectivity index (χ2v) is 8.28. The third kappa shape index (κ3) is 3.77. The van der Waals surface area contributed by atoms with Crippen LogP contribution >= 0.6 is 0 Å².